The Kier molecular flexibility index (Phi) is 2.89. The second-order valence-corrected chi connectivity index (χ2v) is 5.10. The SMILES string of the molecule is c1ccc([B-](n2cccn2)(n2cccn2)n2cccn2)cc1. The normalized spacial score (nSPS) is 11.6. The third-order valence-electron chi connectivity index (χ3n) is 3.93. The van der Waals surface area contributed by atoms with Crippen LogP contribution in [0.5, 0.6) is 0 Å². The zero-order chi connectivity index (χ0) is 14.8. The van der Waals surface area contributed by atoms with Gasteiger partial charge in [0.2, 0.25) is 0 Å². The average molecular weight is 289 g/mol. The molecule has 0 bridgehead atoms. The molecule has 108 valence electrons. The highest BCUT2D eigenvalue weighted by Crippen LogP contribution is 2.12. The van der Waals surface area contributed by atoms with Gasteiger partial charge in [-0.05, 0) is 36.8 Å². The third-order valence-corrected chi connectivity index (χ3v) is 3.93. The van der Waals surface area contributed by atoms with E-state index in [0.29, 0.717) is 0 Å². The number of nitrogens with zero attached hydrogens (tertiary/aromatic N) is 6. The minimum Gasteiger partial charge on any atom is -0.396 e. The van der Waals surface area contributed by atoms with E-state index < -0.39 is 6.55 Å². The zero-order valence-electron chi connectivity index (χ0n) is 11.8. The molecule has 0 saturated heterocycles. The van der Waals surface area contributed by atoms with Crippen LogP contribution >= 0.6 is 0 Å². The van der Waals surface area contributed by atoms with E-state index in [0.717, 1.165) is 5.46 Å². The Morgan fingerprint density at radius 3 is 1.41 bits per heavy atom. The van der Waals surface area contributed by atoms with Gasteiger partial charge in [-0.15, -0.1) is 5.46 Å². The van der Waals surface area contributed by atoms with Gasteiger partial charge in [-0.25, -0.2) is 15.3 Å². The molecule has 0 spiro atoms. The molecule has 3 heterocycles. The van der Waals surface area contributed by atoms with Crippen LogP contribution in [0.4, 0.5) is 0 Å². The van der Waals surface area contributed by atoms with Crippen molar-refractivity contribution in [3.8, 4) is 0 Å². The predicted octanol–water partition coefficient (Wildman–Crippen LogP) is 1.07. The monoisotopic (exact) mass is 289 g/mol. The van der Waals surface area contributed by atoms with Crippen LogP contribution in [0, 0.1) is 0 Å². The van der Waals surface area contributed by atoms with Crippen molar-refractivity contribution in [2.75, 3.05) is 0 Å². The van der Waals surface area contributed by atoms with Gasteiger partial charge in [0.1, 0.15) is 0 Å². The lowest BCUT2D eigenvalue weighted by atomic mass is 9.53. The van der Waals surface area contributed by atoms with Gasteiger partial charge in [0.25, 0.3) is 0 Å². The second-order valence-electron chi connectivity index (χ2n) is 5.10. The number of aromatic nitrogens is 6. The molecule has 1 aromatic carbocycles. The molecule has 4 rings (SSSR count). The van der Waals surface area contributed by atoms with Gasteiger partial charge in [-0.3, -0.25) is 0 Å². The third kappa shape index (κ3) is 1.72. The van der Waals surface area contributed by atoms with Crippen molar-refractivity contribution in [2.45, 2.75) is 0 Å². The summed E-state index contributed by atoms with van der Waals surface area (Å²) in [6.07, 6.45) is 11.1. The van der Waals surface area contributed by atoms with Crippen LogP contribution in [-0.2, 0) is 0 Å². The van der Waals surface area contributed by atoms with E-state index in [1.807, 2.05) is 68.8 Å². The van der Waals surface area contributed by atoms with Gasteiger partial charge in [-0.1, -0.05) is 30.3 Å². The molecule has 6 nitrogen and oxygen atoms in total. The molecule has 0 radical (unpaired) electrons. The summed E-state index contributed by atoms with van der Waals surface area (Å²) in [5.41, 5.74) is 1.07. The molecule has 0 aliphatic carbocycles. The fourth-order valence-corrected chi connectivity index (χ4v) is 3.01. The summed E-state index contributed by atoms with van der Waals surface area (Å²) >= 11 is 0. The summed E-state index contributed by atoms with van der Waals surface area (Å²) in [6.45, 7) is -1.68. The summed E-state index contributed by atoms with van der Waals surface area (Å²) in [7, 11) is 0. The van der Waals surface area contributed by atoms with Crippen LogP contribution in [0.1, 0.15) is 0 Å². The molecule has 0 amide bonds. The highest BCUT2D eigenvalue weighted by atomic mass is 15.5. The van der Waals surface area contributed by atoms with Crippen LogP contribution in [0.3, 0.4) is 0 Å². The highest BCUT2D eigenvalue weighted by Gasteiger charge is 2.36. The van der Waals surface area contributed by atoms with E-state index >= 15 is 0 Å². The Morgan fingerprint density at radius 2 is 1.05 bits per heavy atom. The first kappa shape index (κ1) is 12.6. The summed E-state index contributed by atoms with van der Waals surface area (Å²) in [5.74, 6) is 0. The van der Waals surface area contributed by atoms with Crippen molar-refractivity contribution < 1.29 is 0 Å². The van der Waals surface area contributed by atoms with E-state index in [-0.39, 0.29) is 0 Å². The number of hydrogen-bond donors (Lipinski definition) is 0. The molecule has 0 fully saturated rings. The summed E-state index contributed by atoms with van der Waals surface area (Å²) in [4.78, 5) is 0. The summed E-state index contributed by atoms with van der Waals surface area (Å²) in [6, 6.07) is 15.9. The van der Waals surface area contributed by atoms with Crippen LogP contribution in [0.2, 0.25) is 0 Å². The van der Waals surface area contributed by atoms with Crippen LogP contribution < -0.4 is 5.46 Å². The Balaban J connectivity index is 2.10. The maximum Gasteiger partial charge on any atom is 0.369 e. The van der Waals surface area contributed by atoms with Crippen molar-refractivity contribution >= 4 is 12.0 Å². The first-order chi connectivity index (χ1) is 10.9. The smallest absolute Gasteiger partial charge is 0.369 e. The van der Waals surface area contributed by atoms with E-state index in [9.17, 15) is 0 Å². The first-order valence-electron chi connectivity index (χ1n) is 7.12. The Labute approximate surface area is 127 Å². The van der Waals surface area contributed by atoms with E-state index in [4.69, 9.17) is 0 Å². The highest BCUT2D eigenvalue weighted by molar-refractivity contribution is 6.87. The number of rotatable bonds is 4. The minimum atomic E-state index is -1.68. The molecule has 0 unspecified atom stereocenters. The summed E-state index contributed by atoms with van der Waals surface area (Å²) in [5, 5.41) is 13.5. The standard InChI is InChI=1S/C15H14BN6/c1-2-7-15(8-3-1)16(20-12-4-9-17-20,21-13-5-10-18-21)22-14-6-11-19-22/h1-14H/q-1. The molecular weight excluding hydrogens is 275 g/mol. The van der Waals surface area contributed by atoms with Crippen molar-refractivity contribution in [1.29, 1.82) is 0 Å². The predicted molar refractivity (Wildman–Crippen MR) is 84.7 cm³/mol. The average Bonchev–Trinajstić information content (AvgIpc) is 3.34. The number of benzene rings is 1. The maximum atomic E-state index is 4.50. The van der Waals surface area contributed by atoms with Gasteiger partial charge in [0.05, 0.1) is 0 Å². The van der Waals surface area contributed by atoms with Crippen LogP contribution in [0.15, 0.2) is 85.7 Å². The Morgan fingerprint density at radius 1 is 0.591 bits per heavy atom. The topological polar surface area (TPSA) is 53.5 Å². The van der Waals surface area contributed by atoms with Crippen LogP contribution in [0.25, 0.3) is 0 Å². The molecule has 22 heavy (non-hydrogen) atoms. The Hall–Kier alpha value is -3.09. The van der Waals surface area contributed by atoms with Crippen molar-refractivity contribution in [3.05, 3.63) is 85.7 Å². The molecule has 3 aromatic heterocycles. The van der Waals surface area contributed by atoms with Crippen molar-refractivity contribution in [1.82, 2.24) is 29.1 Å². The molecule has 0 saturated carbocycles. The largest absolute Gasteiger partial charge is 0.396 e. The molecule has 4 aromatic rings. The maximum absolute atomic E-state index is 4.50. The lowest BCUT2D eigenvalue weighted by molar-refractivity contribution is 0.744. The van der Waals surface area contributed by atoms with Gasteiger partial charge in [0.15, 0.2) is 0 Å². The second kappa shape index (κ2) is 5.03. The fraction of sp³-hybridized carbons (Fsp3) is 0. The van der Waals surface area contributed by atoms with E-state index in [1.165, 1.54) is 0 Å². The van der Waals surface area contributed by atoms with Crippen molar-refractivity contribution in [2.24, 2.45) is 0 Å². The first-order valence-corrected chi connectivity index (χ1v) is 7.12. The van der Waals surface area contributed by atoms with Crippen molar-refractivity contribution in [3.63, 3.8) is 0 Å². The fourth-order valence-electron chi connectivity index (χ4n) is 3.01. The lowest BCUT2D eigenvalue weighted by Crippen LogP contribution is -2.67. The van der Waals surface area contributed by atoms with Gasteiger partial charge < -0.3 is 13.8 Å². The quantitative estimate of drug-likeness (QED) is 0.528. The molecule has 7 heteroatoms. The van der Waals surface area contributed by atoms with E-state index in [1.54, 1.807) is 18.6 Å². The zero-order valence-corrected chi connectivity index (χ0v) is 11.8. The van der Waals surface area contributed by atoms with Gasteiger partial charge in [0, 0.05) is 18.6 Å². The Bertz CT molecular complexity index is 738. The molecule has 0 N–H and O–H groups in total. The summed E-state index contributed by atoms with van der Waals surface area (Å²) < 4.78 is 5.74. The van der Waals surface area contributed by atoms with Crippen LogP contribution in [-0.4, -0.2) is 35.6 Å². The molecule has 0 aliphatic heterocycles. The minimum absolute atomic E-state index is 1.07. The van der Waals surface area contributed by atoms with Gasteiger partial charge >= 0.3 is 6.55 Å². The lowest BCUT2D eigenvalue weighted by Gasteiger charge is -2.42. The number of hydrogen-bond acceptors (Lipinski definition) is 3. The molecule has 0 aliphatic rings. The van der Waals surface area contributed by atoms with Gasteiger partial charge in [-0.2, -0.15) is 0 Å². The molecule has 0 atom stereocenters. The van der Waals surface area contributed by atoms with E-state index in [2.05, 4.69) is 27.4 Å². The molecular formula is C15H14BN6-.